The number of aliphatic carboxylic acids is 1. The molecule has 8 heteroatoms. The van der Waals surface area contributed by atoms with Crippen LogP contribution in [0.25, 0.3) is 11.1 Å². The summed E-state index contributed by atoms with van der Waals surface area (Å²) < 4.78 is 5.64. The highest BCUT2D eigenvalue weighted by molar-refractivity contribution is 5.86. The lowest BCUT2D eigenvalue weighted by atomic mass is 9.98. The Kier molecular flexibility index (Phi) is 5.29. The number of carboxylic acid groups (broad SMARTS) is 1. The van der Waals surface area contributed by atoms with Gasteiger partial charge in [-0.1, -0.05) is 48.5 Å². The Labute approximate surface area is 202 Å². The van der Waals surface area contributed by atoms with Crippen molar-refractivity contribution in [3.05, 3.63) is 59.7 Å². The van der Waals surface area contributed by atoms with E-state index in [9.17, 15) is 19.5 Å². The Balaban J connectivity index is 1.02. The Bertz CT molecular complexity index is 1150. The summed E-state index contributed by atoms with van der Waals surface area (Å²) in [7, 11) is 0. The number of carbonyl (C=O) groups is 3. The standard InChI is InChI=1S/C27H28N2O6/c30-24(31)23(15-9-10-15)35-29-25(32)27-12-16(27)11-17(13-27)28-26(33)34-14-22-20-7-3-1-5-18(20)19-6-2-4-8-21(19)22/h1-8,15-17,22-23H,9-14H2,(H,28,33)(H,29,32)(H,30,31)/t16-,17+,23?,27+/m0/s1. The first-order valence-corrected chi connectivity index (χ1v) is 12.3. The van der Waals surface area contributed by atoms with E-state index in [0.717, 1.165) is 30.4 Å². The monoisotopic (exact) mass is 476 g/mol. The van der Waals surface area contributed by atoms with Crippen LogP contribution in [-0.4, -0.2) is 41.8 Å². The summed E-state index contributed by atoms with van der Waals surface area (Å²) in [6.45, 7) is 0.243. The van der Waals surface area contributed by atoms with E-state index < -0.39 is 23.6 Å². The number of benzene rings is 2. The lowest BCUT2D eigenvalue weighted by Gasteiger charge is -2.20. The zero-order valence-electron chi connectivity index (χ0n) is 19.2. The molecule has 4 aliphatic carbocycles. The number of hydrogen-bond donors (Lipinski definition) is 3. The van der Waals surface area contributed by atoms with Crippen LogP contribution in [0.5, 0.6) is 0 Å². The second-order valence-electron chi connectivity index (χ2n) is 10.3. The normalized spacial score (nSPS) is 26.7. The molecule has 0 heterocycles. The number of carboxylic acids is 1. The molecule has 2 amide bonds. The molecule has 35 heavy (non-hydrogen) atoms. The number of ether oxygens (including phenoxy) is 1. The van der Waals surface area contributed by atoms with E-state index in [4.69, 9.17) is 9.57 Å². The number of hydroxylamine groups is 1. The lowest BCUT2D eigenvalue weighted by molar-refractivity contribution is -0.164. The van der Waals surface area contributed by atoms with Crippen LogP contribution in [0.3, 0.4) is 0 Å². The quantitative estimate of drug-likeness (QED) is 0.502. The van der Waals surface area contributed by atoms with Crippen molar-refractivity contribution >= 4 is 18.0 Å². The Morgan fingerprint density at radius 2 is 1.66 bits per heavy atom. The Hall–Kier alpha value is -3.39. The first-order valence-electron chi connectivity index (χ1n) is 12.3. The minimum Gasteiger partial charge on any atom is -0.479 e. The fourth-order valence-electron chi connectivity index (χ4n) is 6.06. The van der Waals surface area contributed by atoms with E-state index >= 15 is 0 Å². The van der Waals surface area contributed by atoms with Crippen LogP contribution >= 0.6 is 0 Å². The number of alkyl carbamates (subject to hydrolysis) is 1. The van der Waals surface area contributed by atoms with Gasteiger partial charge < -0.3 is 15.2 Å². The minimum absolute atomic E-state index is 0.00644. The van der Waals surface area contributed by atoms with Gasteiger partial charge in [-0.05, 0) is 66.2 Å². The fourth-order valence-corrected chi connectivity index (χ4v) is 6.06. The molecule has 0 radical (unpaired) electrons. The van der Waals surface area contributed by atoms with Gasteiger partial charge in [-0.3, -0.25) is 9.63 Å². The van der Waals surface area contributed by atoms with Crippen molar-refractivity contribution in [2.24, 2.45) is 17.3 Å². The summed E-state index contributed by atoms with van der Waals surface area (Å²) in [6.07, 6.45) is 2.04. The number of nitrogens with one attached hydrogen (secondary N) is 2. The second-order valence-corrected chi connectivity index (χ2v) is 10.3. The molecule has 4 aliphatic rings. The third-order valence-corrected chi connectivity index (χ3v) is 8.10. The summed E-state index contributed by atoms with van der Waals surface area (Å²) in [4.78, 5) is 42.0. The van der Waals surface area contributed by atoms with Crippen LogP contribution < -0.4 is 10.8 Å². The Morgan fingerprint density at radius 3 is 2.29 bits per heavy atom. The van der Waals surface area contributed by atoms with Crippen molar-refractivity contribution in [2.45, 2.75) is 50.2 Å². The van der Waals surface area contributed by atoms with E-state index in [1.54, 1.807) is 0 Å². The molecule has 0 spiro atoms. The molecular formula is C27H28N2O6. The average molecular weight is 477 g/mol. The average Bonchev–Trinajstić information content (AvgIpc) is 3.75. The number of rotatable bonds is 8. The van der Waals surface area contributed by atoms with Crippen LogP contribution in [0.4, 0.5) is 4.79 Å². The van der Waals surface area contributed by atoms with E-state index in [-0.39, 0.29) is 36.3 Å². The topological polar surface area (TPSA) is 114 Å². The van der Waals surface area contributed by atoms with Gasteiger partial charge in [0, 0.05) is 12.0 Å². The van der Waals surface area contributed by atoms with Gasteiger partial charge in [-0.2, -0.15) is 0 Å². The maximum atomic E-state index is 12.8. The van der Waals surface area contributed by atoms with E-state index in [1.165, 1.54) is 11.1 Å². The third kappa shape index (κ3) is 3.95. The van der Waals surface area contributed by atoms with Crippen molar-refractivity contribution in [1.29, 1.82) is 0 Å². The van der Waals surface area contributed by atoms with E-state index in [2.05, 4.69) is 35.1 Å². The summed E-state index contributed by atoms with van der Waals surface area (Å²) in [5, 5.41) is 12.2. The third-order valence-electron chi connectivity index (χ3n) is 8.10. The van der Waals surface area contributed by atoms with Gasteiger partial charge in [0.05, 0.1) is 5.41 Å². The zero-order valence-corrected chi connectivity index (χ0v) is 19.2. The fraction of sp³-hybridized carbons (Fsp3) is 0.444. The molecule has 3 fully saturated rings. The predicted molar refractivity (Wildman–Crippen MR) is 125 cm³/mol. The minimum atomic E-state index is -1.06. The van der Waals surface area contributed by atoms with Crippen LogP contribution in [0.15, 0.2) is 48.5 Å². The summed E-state index contributed by atoms with van der Waals surface area (Å²) in [5.74, 6) is -1.22. The first kappa shape index (κ1) is 22.1. The molecule has 4 atom stereocenters. The molecule has 182 valence electrons. The highest BCUT2D eigenvalue weighted by atomic mass is 16.7. The van der Waals surface area contributed by atoms with Crippen LogP contribution in [0.1, 0.15) is 49.1 Å². The van der Waals surface area contributed by atoms with E-state index in [1.807, 2.05) is 24.3 Å². The number of amides is 2. The smallest absolute Gasteiger partial charge is 0.407 e. The van der Waals surface area contributed by atoms with Gasteiger partial charge in [-0.15, -0.1) is 0 Å². The molecule has 3 saturated carbocycles. The van der Waals surface area contributed by atoms with Crippen molar-refractivity contribution in [2.75, 3.05) is 6.61 Å². The van der Waals surface area contributed by atoms with Gasteiger partial charge in [-0.25, -0.2) is 15.1 Å². The lowest BCUT2D eigenvalue weighted by Crippen LogP contribution is -2.41. The summed E-state index contributed by atoms with van der Waals surface area (Å²) >= 11 is 0. The number of carbonyl (C=O) groups excluding carboxylic acids is 2. The highest BCUT2D eigenvalue weighted by Crippen LogP contribution is 2.63. The summed E-state index contributed by atoms with van der Waals surface area (Å²) in [5.41, 5.74) is 6.48. The van der Waals surface area contributed by atoms with E-state index in [0.29, 0.717) is 12.8 Å². The maximum absolute atomic E-state index is 12.8. The Morgan fingerprint density at radius 1 is 1.00 bits per heavy atom. The molecule has 0 aliphatic heterocycles. The molecule has 0 aromatic heterocycles. The van der Waals surface area contributed by atoms with Gasteiger partial charge in [0.15, 0.2) is 6.10 Å². The largest absolute Gasteiger partial charge is 0.479 e. The molecule has 2 aromatic rings. The van der Waals surface area contributed by atoms with Gasteiger partial charge >= 0.3 is 12.1 Å². The molecule has 8 nitrogen and oxygen atoms in total. The van der Waals surface area contributed by atoms with Crippen molar-refractivity contribution in [3.63, 3.8) is 0 Å². The van der Waals surface area contributed by atoms with Crippen LogP contribution in [-0.2, 0) is 19.2 Å². The second kappa shape index (κ2) is 8.37. The van der Waals surface area contributed by atoms with Gasteiger partial charge in [0.1, 0.15) is 6.61 Å². The van der Waals surface area contributed by atoms with Crippen molar-refractivity contribution in [3.8, 4) is 11.1 Å². The molecule has 0 saturated heterocycles. The molecule has 2 aromatic carbocycles. The number of hydrogen-bond acceptors (Lipinski definition) is 5. The number of fused-ring (bicyclic) bond motifs is 4. The molecule has 6 rings (SSSR count). The van der Waals surface area contributed by atoms with Crippen molar-refractivity contribution in [1.82, 2.24) is 10.8 Å². The van der Waals surface area contributed by atoms with Gasteiger partial charge in [0.2, 0.25) is 5.91 Å². The SMILES string of the molecule is O=C(N[C@@H]1C[C@H]2C[C@@]2(C(=O)NOC(C(=O)O)C2CC2)C1)OCC1c2ccccc2-c2ccccc21. The summed E-state index contributed by atoms with van der Waals surface area (Å²) in [6, 6.07) is 16.2. The van der Waals surface area contributed by atoms with Crippen LogP contribution in [0.2, 0.25) is 0 Å². The molecule has 1 unspecified atom stereocenters. The van der Waals surface area contributed by atoms with Crippen LogP contribution in [0, 0.1) is 17.3 Å². The zero-order chi connectivity index (χ0) is 24.2. The molecular weight excluding hydrogens is 448 g/mol. The maximum Gasteiger partial charge on any atom is 0.407 e. The van der Waals surface area contributed by atoms with Gasteiger partial charge in [0.25, 0.3) is 0 Å². The van der Waals surface area contributed by atoms with Crippen molar-refractivity contribution < 1.29 is 29.1 Å². The predicted octanol–water partition coefficient (Wildman–Crippen LogP) is 3.60. The molecule has 3 N–H and O–H groups in total. The first-order chi connectivity index (χ1) is 17.0. The molecule has 0 bridgehead atoms. The highest BCUT2D eigenvalue weighted by Gasteiger charge is 2.65.